The molecule has 2 aliphatic rings. The van der Waals surface area contributed by atoms with Gasteiger partial charge in [-0.05, 0) is 50.8 Å². The van der Waals surface area contributed by atoms with Gasteiger partial charge in [-0.25, -0.2) is 4.39 Å². The number of hydrogen-bond acceptors (Lipinski definition) is 3. The minimum atomic E-state index is -0.0897. The predicted octanol–water partition coefficient (Wildman–Crippen LogP) is 3.48. The number of hydrogen-bond donors (Lipinski definition) is 0. The SMILES string of the molecule is CCOCC1COCCC12CCN(Cc1ccccc1F)CC2. The van der Waals surface area contributed by atoms with Gasteiger partial charge in [0.15, 0.2) is 0 Å². The average Bonchev–Trinajstić information content (AvgIpc) is 2.58. The molecule has 0 N–H and O–H groups in total. The van der Waals surface area contributed by atoms with Crippen LogP contribution in [0.15, 0.2) is 24.3 Å². The van der Waals surface area contributed by atoms with E-state index in [1.54, 1.807) is 12.1 Å². The third kappa shape index (κ3) is 3.93. The molecule has 1 spiro atoms. The highest BCUT2D eigenvalue weighted by Crippen LogP contribution is 2.45. The zero-order valence-electron chi connectivity index (χ0n) is 14.1. The molecule has 1 atom stereocenters. The van der Waals surface area contributed by atoms with Crippen LogP contribution in [-0.2, 0) is 16.0 Å². The molecule has 0 amide bonds. The van der Waals surface area contributed by atoms with E-state index in [9.17, 15) is 4.39 Å². The van der Waals surface area contributed by atoms with Gasteiger partial charge < -0.3 is 9.47 Å². The van der Waals surface area contributed by atoms with Crippen LogP contribution in [0.5, 0.6) is 0 Å². The van der Waals surface area contributed by atoms with Crippen molar-refractivity contribution in [1.29, 1.82) is 0 Å². The van der Waals surface area contributed by atoms with Crippen LogP contribution in [0.25, 0.3) is 0 Å². The van der Waals surface area contributed by atoms with E-state index < -0.39 is 0 Å². The first-order valence-electron chi connectivity index (χ1n) is 8.85. The van der Waals surface area contributed by atoms with Gasteiger partial charge in [0.1, 0.15) is 5.82 Å². The molecule has 1 aromatic carbocycles. The van der Waals surface area contributed by atoms with Crippen molar-refractivity contribution in [1.82, 2.24) is 4.90 Å². The Morgan fingerprint density at radius 2 is 2.04 bits per heavy atom. The smallest absolute Gasteiger partial charge is 0.127 e. The third-order valence-corrected chi connectivity index (χ3v) is 5.66. The molecule has 4 heteroatoms. The maximum Gasteiger partial charge on any atom is 0.127 e. The summed E-state index contributed by atoms with van der Waals surface area (Å²) in [6, 6.07) is 7.12. The molecule has 2 heterocycles. The van der Waals surface area contributed by atoms with Gasteiger partial charge in [-0.3, -0.25) is 4.90 Å². The summed E-state index contributed by atoms with van der Waals surface area (Å²) in [7, 11) is 0. The van der Waals surface area contributed by atoms with Crippen molar-refractivity contribution in [2.24, 2.45) is 11.3 Å². The van der Waals surface area contributed by atoms with Gasteiger partial charge >= 0.3 is 0 Å². The molecule has 2 saturated heterocycles. The van der Waals surface area contributed by atoms with Crippen molar-refractivity contribution in [3.63, 3.8) is 0 Å². The van der Waals surface area contributed by atoms with Gasteiger partial charge in [0.2, 0.25) is 0 Å². The topological polar surface area (TPSA) is 21.7 Å². The van der Waals surface area contributed by atoms with Crippen LogP contribution in [0.4, 0.5) is 4.39 Å². The zero-order chi connectivity index (χ0) is 16.1. The maximum absolute atomic E-state index is 13.8. The molecule has 0 aliphatic carbocycles. The number of halogens is 1. The molecule has 2 fully saturated rings. The zero-order valence-corrected chi connectivity index (χ0v) is 14.1. The number of benzene rings is 1. The summed E-state index contributed by atoms with van der Waals surface area (Å²) < 4.78 is 25.2. The second-order valence-corrected chi connectivity index (χ2v) is 6.91. The first-order valence-corrected chi connectivity index (χ1v) is 8.85. The highest BCUT2D eigenvalue weighted by molar-refractivity contribution is 5.17. The first kappa shape index (κ1) is 16.9. The van der Waals surface area contributed by atoms with Crippen molar-refractivity contribution >= 4 is 0 Å². The summed E-state index contributed by atoms with van der Waals surface area (Å²) in [6.45, 7) is 8.12. The third-order valence-electron chi connectivity index (χ3n) is 5.66. The van der Waals surface area contributed by atoms with Crippen molar-refractivity contribution in [3.8, 4) is 0 Å². The van der Waals surface area contributed by atoms with Crippen LogP contribution in [0.3, 0.4) is 0 Å². The summed E-state index contributed by atoms with van der Waals surface area (Å²) in [5.74, 6) is 0.417. The van der Waals surface area contributed by atoms with Crippen LogP contribution >= 0.6 is 0 Å². The van der Waals surface area contributed by atoms with Crippen LogP contribution in [0, 0.1) is 17.2 Å². The van der Waals surface area contributed by atoms with E-state index in [0.717, 1.165) is 58.0 Å². The summed E-state index contributed by atoms with van der Waals surface area (Å²) in [5.41, 5.74) is 1.17. The summed E-state index contributed by atoms with van der Waals surface area (Å²) >= 11 is 0. The minimum Gasteiger partial charge on any atom is -0.381 e. The number of piperidine rings is 1. The maximum atomic E-state index is 13.8. The van der Waals surface area contributed by atoms with E-state index in [2.05, 4.69) is 4.90 Å². The van der Waals surface area contributed by atoms with Crippen LogP contribution < -0.4 is 0 Å². The highest BCUT2D eigenvalue weighted by Gasteiger charge is 2.43. The van der Waals surface area contributed by atoms with Gasteiger partial charge in [0, 0.05) is 31.2 Å². The number of ether oxygens (including phenoxy) is 2. The van der Waals surface area contributed by atoms with Crippen LogP contribution in [0.1, 0.15) is 31.7 Å². The quantitative estimate of drug-likeness (QED) is 0.829. The lowest BCUT2D eigenvalue weighted by molar-refractivity contribution is -0.0993. The number of nitrogens with zero attached hydrogens (tertiary/aromatic N) is 1. The second kappa shape index (κ2) is 7.73. The van der Waals surface area contributed by atoms with Crippen LogP contribution in [0.2, 0.25) is 0 Å². The molecule has 0 saturated carbocycles. The molecule has 3 rings (SSSR count). The predicted molar refractivity (Wildman–Crippen MR) is 88.8 cm³/mol. The number of likely N-dealkylation sites (tertiary alicyclic amines) is 1. The Hall–Kier alpha value is -0.970. The normalized spacial score (nSPS) is 24.9. The second-order valence-electron chi connectivity index (χ2n) is 6.91. The molecule has 0 radical (unpaired) electrons. The summed E-state index contributed by atoms with van der Waals surface area (Å²) in [6.07, 6.45) is 3.48. The minimum absolute atomic E-state index is 0.0897. The van der Waals surface area contributed by atoms with E-state index in [-0.39, 0.29) is 5.82 Å². The average molecular weight is 321 g/mol. The fourth-order valence-electron chi connectivity index (χ4n) is 4.05. The fraction of sp³-hybridized carbons (Fsp3) is 0.684. The lowest BCUT2D eigenvalue weighted by Gasteiger charge is -2.49. The van der Waals surface area contributed by atoms with Gasteiger partial charge in [0.25, 0.3) is 0 Å². The monoisotopic (exact) mass is 321 g/mol. The van der Waals surface area contributed by atoms with E-state index in [1.807, 2.05) is 19.1 Å². The summed E-state index contributed by atoms with van der Waals surface area (Å²) in [5, 5.41) is 0. The molecule has 128 valence electrons. The molecule has 23 heavy (non-hydrogen) atoms. The van der Waals surface area contributed by atoms with E-state index in [4.69, 9.17) is 9.47 Å². The molecule has 1 aromatic rings. The van der Waals surface area contributed by atoms with Crippen LogP contribution in [-0.4, -0.2) is 44.4 Å². The summed E-state index contributed by atoms with van der Waals surface area (Å²) in [4.78, 5) is 2.39. The largest absolute Gasteiger partial charge is 0.381 e. The van der Waals surface area contributed by atoms with Gasteiger partial charge in [-0.1, -0.05) is 18.2 Å². The highest BCUT2D eigenvalue weighted by atomic mass is 19.1. The molecular formula is C19H28FNO2. The van der Waals surface area contributed by atoms with Gasteiger partial charge in [-0.2, -0.15) is 0 Å². The fourth-order valence-corrected chi connectivity index (χ4v) is 4.05. The molecule has 3 nitrogen and oxygen atoms in total. The molecule has 2 aliphatic heterocycles. The molecule has 0 bridgehead atoms. The van der Waals surface area contributed by atoms with Gasteiger partial charge in [0.05, 0.1) is 13.2 Å². The lowest BCUT2D eigenvalue weighted by atomic mass is 9.66. The first-order chi connectivity index (χ1) is 11.2. The Morgan fingerprint density at radius 3 is 2.78 bits per heavy atom. The Labute approximate surface area is 138 Å². The number of rotatable bonds is 5. The van der Waals surface area contributed by atoms with Crippen molar-refractivity contribution in [2.45, 2.75) is 32.7 Å². The van der Waals surface area contributed by atoms with Crippen molar-refractivity contribution in [2.75, 3.05) is 39.5 Å². The van der Waals surface area contributed by atoms with Gasteiger partial charge in [-0.15, -0.1) is 0 Å². The Kier molecular flexibility index (Phi) is 5.67. The molecule has 0 aromatic heterocycles. The standard InChI is InChI=1S/C19H28FNO2/c1-2-22-14-17-15-23-12-9-19(17)7-10-21(11-8-19)13-16-5-3-4-6-18(16)20/h3-6,17H,2,7-15H2,1H3. The van der Waals surface area contributed by atoms with E-state index in [0.29, 0.717) is 11.3 Å². The Morgan fingerprint density at radius 1 is 1.26 bits per heavy atom. The Balaban J connectivity index is 1.59. The van der Waals surface area contributed by atoms with Crippen molar-refractivity contribution in [3.05, 3.63) is 35.6 Å². The Bertz CT molecular complexity index is 500. The van der Waals surface area contributed by atoms with E-state index in [1.165, 1.54) is 12.8 Å². The lowest BCUT2D eigenvalue weighted by Crippen LogP contribution is -2.49. The molecule has 1 unspecified atom stereocenters. The molecular weight excluding hydrogens is 293 g/mol. The van der Waals surface area contributed by atoms with E-state index >= 15 is 0 Å². The van der Waals surface area contributed by atoms with Crippen molar-refractivity contribution < 1.29 is 13.9 Å².